The maximum Gasteiger partial charge on any atom is 0.217 e. The number of thiol groups is 1. The van der Waals surface area contributed by atoms with E-state index in [0.717, 1.165) is 5.56 Å². The van der Waals surface area contributed by atoms with Crippen LogP contribution in [0.3, 0.4) is 0 Å². The Hall–Kier alpha value is -1.98. The van der Waals surface area contributed by atoms with Crippen molar-refractivity contribution in [2.24, 2.45) is 0 Å². The van der Waals surface area contributed by atoms with Crippen LogP contribution in [-0.2, 0) is 0 Å². The van der Waals surface area contributed by atoms with Crippen LogP contribution in [0.2, 0.25) is 0 Å². The molecule has 1 radical (unpaired) electrons. The monoisotopic (exact) mass is 237 g/mol. The molecule has 0 aliphatic carbocycles. The average Bonchev–Trinajstić information content (AvgIpc) is 2.38. The fourth-order valence-electron chi connectivity index (χ4n) is 1.38. The van der Waals surface area contributed by atoms with E-state index in [1.807, 2.05) is 24.3 Å². The van der Waals surface area contributed by atoms with Gasteiger partial charge >= 0.3 is 0 Å². The standard InChI is InChI=1S/C15H9OS/c16-15(17)14-9-5-4-8-13(14)11-10-12-6-2-1-3-7-12/h1-6,8-9H,(H,16,17). The van der Waals surface area contributed by atoms with E-state index in [9.17, 15) is 4.79 Å². The fraction of sp³-hybridized carbons (Fsp3) is 0. The van der Waals surface area contributed by atoms with Crippen molar-refractivity contribution in [2.75, 3.05) is 0 Å². The summed E-state index contributed by atoms with van der Waals surface area (Å²) in [7, 11) is 0. The van der Waals surface area contributed by atoms with Gasteiger partial charge in [0.15, 0.2) is 0 Å². The molecule has 2 aromatic rings. The third-order valence-corrected chi connectivity index (χ3v) is 2.44. The first-order valence-electron chi connectivity index (χ1n) is 5.08. The zero-order valence-corrected chi connectivity index (χ0v) is 9.87. The van der Waals surface area contributed by atoms with Gasteiger partial charge in [-0.3, -0.25) is 4.79 Å². The number of benzene rings is 2. The lowest BCUT2D eigenvalue weighted by atomic mass is 10.1. The lowest BCUT2D eigenvalue weighted by Gasteiger charge is -1.97. The van der Waals surface area contributed by atoms with Gasteiger partial charge in [0.1, 0.15) is 0 Å². The van der Waals surface area contributed by atoms with Crippen molar-refractivity contribution in [3.8, 4) is 11.8 Å². The fourth-order valence-corrected chi connectivity index (χ4v) is 1.58. The van der Waals surface area contributed by atoms with Crippen LogP contribution in [0, 0.1) is 17.9 Å². The molecular weight excluding hydrogens is 228 g/mol. The molecule has 0 spiro atoms. The SMILES string of the molecule is O=C(S)c1ccccc1C#Cc1[c]cccc1. The highest BCUT2D eigenvalue weighted by Gasteiger charge is 2.03. The highest BCUT2D eigenvalue weighted by atomic mass is 32.1. The van der Waals surface area contributed by atoms with Gasteiger partial charge in [0, 0.05) is 16.7 Å². The molecule has 0 bridgehead atoms. The molecule has 1 nitrogen and oxygen atoms in total. The van der Waals surface area contributed by atoms with E-state index < -0.39 is 0 Å². The van der Waals surface area contributed by atoms with Crippen LogP contribution in [0.1, 0.15) is 21.5 Å². The Kier molecular flexibility index (Phi) is 3.64. The maximum atomic E-state index is 11.3. The molecule has 17 heavy (non-hydrogen) atoms. The van der Waals surface area contributed by atoms with E-state index in [2.05, 4.69) is 30.5 Å². The Morgan fingerprint density at radius 3 is 2.53 bits per heavy atom. The van der Waals surface area contributed by atoms with Gasteiger partial charge in [-0.05, 0) is 24.3 Å². The van der Waals surface area contributed by atoms with Crippen LogP contribution in [0.5, 0.6) is 0 Å². The van der Waals surface area contributed by atoms with Crippen molar-refractivity contribution < 1.29 is 4.79 Å². The Labute approximate surface area is 106 Å². The van der Waals surface area contributed by atoms with E-state index in [4.69, 9.17) is 0 Å². The molecule has 0 aliphatic heterocycles. The van der Waals surface area contributed by atoms with Crippen molar-refractivity contribution in [1.29, 1.82) is 0 Å². The predicted octanol–water partition coefficient (Wildman–Crippen LogP) is 2.96. The van der Waals surface area contributed by atoms with Gasteiger partial charge in [0.2, 0.25) is 5.12 Å². The number of hydrogen-bond donors (Lipinski definition) is 1. The molecule has 2 rings (SSSR count). The number of carbonyl (C=O) groups is 1. The lowest BCUT2D eigenvalue weighted by Crippen LogP contribution is -1.93. The highest BCUT2D eigenvalue weighted by molar-refractivity contribution is 7.97. The molecule has 0 amide bonds. The van der Waals surface area contributed by atoms with Crippen LogP contribution >= 0.6 is 12.6 Å². The molecule has 0 unspecified atom stereocenters. The van der Waals surface area contributed by atoms with Crippen LogP contribution in [0.15, 0.2) is 48.5 Å². The van der Waals surface area contributed by atoms with E-state index in [-0.39, 0.29) is 5.12 Å². The Morgan fingerprint density at radius 2 is 1.82 bits per heavy atom. The molecule has 0 heterocycles. The van der Waals surface area contributed by atoms with Gasteiger partial charge in [-0.2, -0.15) is 0 Å². The van der Waals surface area contributed by atoms with Gasteiger partial charge in [-0.25, -0.2) is 0 Å². The minimum Gasteiger partial charge on any atom is -0.282 e. The van der Waals surface area contributed by atoms with Crippen molar-refractivity contribution >= 4 is 17.7 Å². The topological polar surface area (TPSA) is 17.1 Å². The second-order valence-corrected chi connectivity index (χ2v) is 3.78. The summed E-state index contributed by atoms with van der Waals surface area (Å²) < 4.78 is 0. The lowest BCUT2D eigenvalue weighted by molar-refractivity contribution is 0.109. The quantitative estimate of drug-likeness (QED) is 0.596. The zero-order chi connectivity index (χ0) is 12.1. The van der Waals surface area contributed by atoms with Crippen molar-refractivity contribution in [1.82, 2.24) is 0 Å². The summed E-state index contributed by atoms with van der Waals surface area (Å²) in [5.41, 5.74) is 2.01. The number of hydrogen-bond acceptors (Lipinski definition) is 1. The Morgan fingerprint density at radius 1 is 1.06 bits per heavy atom. The highest BCUT2D eigenvalue weighted by Crippen LogP contribution is 2.10. The number of carbonyl (C=O) groups excluding carboxylic acids is 1. The van der Waals surface area contributed by atoms with E-state index in [1.54, 1.807) is 24.3 Å². The van der Waals surface area contributed by atoms with Gasteiger partial charge in [0.25, 0.3) is 0 Å². The summed E-state index contributed by atoms with van der Waals surface area (Å²) in [6.07, 6.45) is 0. The largest absolute Gasteiger partial charge is 0.282 e. The smallest absolute Gasteiger partial charge is 0.217 e. The second-order valence-electron chi connectivity index (χ2n) is 3.38. The van der Waals surface area contributed by atoms with E-state index >= 15 is 0 Å². The first kappa shape index (κ1) is 11.5. The molecule has 0 atom stereocenters. The van der Waals surface area contributed by atoms with Crippen LogP contribution < -0.4 is 0 Å². The molecule has 0 fully saturated rings. The Balaban J connectivity index is 2.38. The minimum absolute atomic E-state index is 0.271. The Bertz CT molecular complexity index is 591. The molecule has 0 aliphatic rings. The van der Waals surface area contributed by atoms with Crippen LogP contribution in [0.25, 0.3) is 0 Å². The summed E-state index contributed by atoms with van der Waals surface area (Å²) in [5, 5.41) is -0.271. The van der Waals surface area contributed by atoms with Gasteiger partial charge in [-0.15, -0.1) is 12.6 Å². The summed E-state index contributed by atoms with van der Waals surface area (Å²) in [4.78, 5) is 11.3. The molecule has 0 N–H and O–H groups in total. The first-order chi connectivity index (χ1) is 8.27. The third-order valence-electron chi connectivity index (χ3n) is 2.20. The van der Waals surface area contributed by atoms with Crippen LogP contribution in [-0.4, -0.2) is 5.12 Å². The number of rotatable bonds is 1. The van der Waals surface area contributed by atoms with Crippen molar-refractivity contribution in [3.05, 3.63) is 71.3 Å². The van der Waals surface area contributed by atoms with Gasteiger partial charge in [0.05, 0.1) is 0 Å². The summed E-state index contributed by atoms with van der Waals surface area (Å²) in [5.74, 6) is 5.92. The summed E-state index contributed by atoms with van der Waals surface area (Å²) in [6.45, 7) is 0. The molecule has 0 saturated carbocycles. The van der Waals surface area contributed by atoms with Gasteiger partial charge in [-0.1, -0.05) is 42.2 Å². The third kappa shape index (κ3) is 2.99. The predicted molar refractivity (Wildman–Crippen MR) is 71.0 cm³/mol. The van der Waals surface area contributed by atoms with Crippen LogP contribution in [0.4, 0.5) is 0 Å². The molecular formula is C15H9OS. The molecule has 81 valence electrons. The molecule has 0 saturated heterocycles. The van der Waals surface area contributed by atoms with Crippen molar-refractivity contribution in [3.63, 3.8) is 0 Å². The normalized spacial score (nSPS) is 9.24. The van der Waals surface area contributed by atoms with Gasteiger partial charge < -0.3 is 0 Å². The second kappa shape index (κ2) is 5.38. The minimum atomic E-state index is -0.271. The average molecular weight is 237 g/mol. The molecule has 0 aromatic heterocycles. The molecule has 2 heteroatoms. The zero-order valence-electron chi connectivity index (χ0n) is 8.97. The summed E-state index contributed by atoms with van der Waals surface area (Å²) >= 11 is 3.82. The maximum absolute atomic E-state index is 11.3. The summed E-state index contributed by atoms with van der Waals surface area (Å²) in [6, 6.07) is 17.6. The first-order valence-corrected chi connectivity index (χ1v) is 5.53. The molecule has 2 aromatic carbocycles. The van der Waals surface area contributed by atoms with E-state index in [0.29, 0.717) is 11.1 Å². The van der Waals surface area contributed by atoms with Crippen molar-refractivity contribution in [2.45, 2.75) is 0 Å². The van der Waals surface area contributed by atoms with E-state index in [1.165, 1.54) is 0 Å².